The van der Waals surface area contributed by atoms with Gasteiger partial charge in [-0.3, -0.25) is 4.79 Å². The topological polar surface area (TPSA) is 150 Å². The van der Waals surface area contributed by atoms with Crippen LogP contribution in [-0.2, 0) is 17.8 Å². The second-order valence-corrected chi connectivity index (χ2v) is 10.9. The van der Waals surface area contributed by atoms with Crippen LogP contribution in [0.4, 0.5) is 0 Å². The zero-order valence-corrected chi connectivity index (χ0v) is 20.4. The molecule has 0 radical (unpaired) electrons. The van der Waals surface area contributed by atoms with Crippen LogP contribution in [0.3, 0.4) is 0 Å². The van der Waals surface area contributed by atoms with Crippen molar-refractivity contribution in [3.05, 3.63) is 28.8 Å². The average molecular weight is 465 g/mol. The van der Waals surface area contributed by atoms with Gasteiger partial charge in [-0.15, -0.1) is 0 Å². The molecule has 1 spiro atoms. The maximum Gasteiger partial charge on any atom is 0.152 e. The molecule has 0 aromatic heterocycles. The van der Waals surface area contributed by atoms with E-state index in [0.29, 0.717) is 29.2 Å². The number of aliphatic hydroxyl groups is 2. The van der Waals surface area contributed by atoms with Gasteiger partial charge in [0.2, 0.25) is 0 Å². The van der Waals surface area contributed by atoms with Gasteiger partial charge < -0.3 is 31.0 Å². The predicted octanol–water partition coefficient (Wildman–Crippen LogP) is 2.74. The molecule has 2 aliphatic carbocycles. The van der Waals surface area contributed by atoms with Crippen molar-refractivity contribution in [3.8, 4) is 11.5 Å². The fourth-order valence-electron chi connectivity index (χ4n) is 7.08. The lowest BCUT2D eigenvalue weighted by atomic mass is 9.43. The van der Waals surface area contributed by atoms with Crippen molar-refractivity contribution in [1.82, 2.24) is 0 Å². The minimum atomic E-state index is -0.500. The van der Waals surface area contributed by atoms with Gasteiger partial charge in [-0.2, -0.15) is 0 Å². The van der Waals surface area contributed by atoms with Crippen LogP contribution in [0.25, 0.3) is 6.08 Å². The first kappa shape index (κ1) is 27.3. The summed E-state index contributed by atoms with van der Waals surface area (Å²) in [7, 11) is 0. The quantitative estimate of drug-likeness (QED) is 0.588. The van der Waals surface area contributed by atoms with E-state index in [-0.39, 0.29) is 51.9 Å². The van der Waals surface area contributed by atoms with Gasteiger partial charge in [0.05, 0.1) is 12.7 Å². The maximum atomic E-state index is 11.6. The second kappa shape index (κ2) is 9.02. The van der Waals surface area contributed by atoms with E-state index >= 15 is 0 Å². The lowest BCUT2D eigenvalue weighted by molar-refractivity contribution is -0.210. The van der Waals surface area contributed by atoms with Crippen LogP contribution < -0.4 is 4.74 Å². The third-order valence-corrected chi connectivity index (χ3v) is 8.98. The Balaban J connectivity index is 0.00000193. The lowest BCUT2D eigenvalue weighted by Gasteiger charge is -2.64. The Kier molecular flexibility index (Phi) is 7.47. The molecule has 0 unspecified atom stereocenters. The van der Waals surface area contributed by atoms with Crippen LogP contribution in [0.2, 0.25) is 0 Å². The molecule has 33 heavy (non-hydrogen) atoms. The number of aliphatic hydroxyl groups excluding tert-OH is 2. The van der Waals surface area contributed by atoms with E-state index in [0.717, 1.165) is 31.2 Å². The summed E-state index contributed by atoms with van der Waals surface area (Å²) < 4.78 is 6.92. The molecule has 1 heterocycles. The molecule has 7 N–H and O–H groups in total. The lowest BCUT2D eigenvalue weighted by Crippen LogP contribution is -2.66. The Hall–Kier alpha value is -1.93. The number of phenolic OH excluding ortho intramolecular Hbond substituents is 1. The van der Waals surface area contributed by atoms with Crippen molar-refractivity contribution in [2.45, 2.75) is 85.0 Å². The van der Waals surface area contributed by atoms with Crippen molar-refractivity contribution < 1.29 is 35.8 Å². The van der Waals surface area contributed by atoms with E-state index in [4.69, 9.17) is 4.74 Å². The zero-order chi connectivity index (χ0) is 22.8. The standard InChI is InChI=1S/C26H36O5.2H2O/c1-15-6-9-21-24(3,4)22(30)10-11-25(21,5)26(15)13-19-20(29)12-17(14-27)18(23(19)31-26)8-7-16(2)28;;/h7-8,12,15,21-22,27,29-30H,6,9-11,13-14H2,1-5H3;2*1H2/b8-7+;;/t15-,21+,22-,25+,26-;;/m1../s1. The summed E-state index contributed by atoms with van der Waals surface area (Å²) in [5.74, 6) is 1.22. The molecule has 7 heteroatoms. The van der Waals surface area contributed by atoms with Crippen LogP contribution in [0.1, 0.15) is 77.0 Å². The smallest absolute Gasteiger partial charge is 0.152 e. The van der Waals surface area contributed by atoms with Gasteiger partial charge in [0.15, 0.2) is 5.78 Å². The number of hydrogen-bond donors (Lipinski definition) is 3. The van der Waals surface area contributed by atoms with Gasteiger partial charge in [-0.25, -0.2) is 0 Å². The van der Waals surface area contributed by atoms with Crippen molar-refractivity contribution in [1.29, 1.82) is 0 Å². The largest absolute Gasteiger partial charge is 0.508 e. The normalized spacial score (nSPS) is 34.1. The molecule has 4 rings (SSSR count). The maximum absolute atomic E-state index is 11.6. The number of ether oxygens (including phenoxy) is 1. The van der Waals surface area contributed by atoms with E-state index in [2.05, 4.69) is 27.7 Å². The van der Waals surface area contributed by atoms with E-state index in [1.807, 2.05) is 0 Å². The highest BCUT2D eigenvalue weighted by Gasteiger charge is 2.67. The molecule has 186 valence electrons. The van der Waals surface area contributed by atoms with E-state index in [1.165, 1.54) is 13.0 Å². The first-order chi connectivity index (χ1) is 14.5. The number of aromatic hydroxyl groups is 1. The average Bonchev–Trinajstić information content (AvgIpc) is 3.11. The zero-order valence-electron chi connectivity index (χ0n) is 20.4. The van der Waals surface area contributed by atoms with E-state index < -0.39 is 5.60 Å². The highest BCUT2D eigenvalue weighted by Crippen LogP contribution is 2.67. The number of allylic oxidation sites excluding steroid dienone is 1. The van der Waals surface area contributed by atoms with Crippen LogP contribution in [0.15, 0.2) is 12.1 Å². The minimum absolute atomic E-state index is 0. The fourth-order valence-corrected chi connectivity index (χ4v) is 7.08. The summed E-state index contributed by atoms with van der Waals surface area (Å²) in [5.41, 5.74) is 1.11. The molecule has 2 fully saturated rings. The molecular weight excluding hydrogens is 424 g/mol. The van der Waals surface area contributed by atoms with Crippen molar-refractivity contribution in [3.63, 3.8) is 0 Å². The molecule has 1 aromatic rings. The molecule has 0 amide bonds. The van der Waals surface area contributed by atoms with Crippen molar-refractivity contribution in [2.24, 2.45) is 22.7 Å². The number of fused-ring (bicyclic) bond motifs is 3. The molecular formula is C26H40O7. The molecule has 0 bridgehead atoms. The van der Waals surface area contributed by atoms with Crippen LogP contribution in [0.5, 0.6) is 11.5 Å². The first-order valence-corrected chi connectivity index (χ1v) is 11.5. The molecule has 1 aromatic carbocycles. The molecule has 7 nitrogen and oxygen atoms in total. The number of rotatable bonds is 3. The van der Waals surface area contributed by atoms with Crippen LogP contribution in [0, 0.1) is 22.7 Å². The van der Waals surface area contributed by atoms with E-state index in [9.17, 15) is 20.1 Å². The Morgan fingerprint density at radius 1 is 1.21 bits per heavy atom. The minimum Gasteiger partial charge on any atom is -0.508 e. The summed E-state index contributed by atoms with van der Waals surface area (Å²) in [5, 5.41) is 31.6. The molecule has 3 aliphatic rings. The Labute approximate surface area is 196 Å². The third kappa shape index (κ3) is 3.79. The number of ketones is 1. The molecule has 2 saturated carbocycles. The molecule has 0 saturated heterocycles. The summed E-state index contributed by atoms with van der Waals surface area (Å²) >= 11 is 0. The van der Waals surface area contributed by atoms with Gasteiger partial charge in [0.25, 0.3) is 0 Å². The molecule has 1 aliphatic heterocycles. The third-order valence-electron chi connectivity index (χ3n) is 8.98. The monoisotopic (exact) mass is 464 g/mol. The summed E-state index contributed by atoms with van der Waals surface area (Å²) in [6, 6.07) is 1.60. The molecule has 5 atom stereocenters. The van der Waals surface area contributed by atoms with Gasteiger partial charge in [-0.1, -0.05) is 27.7 Å². The highest BCUT2D eigenvalue weighted by molar-refractivity contribution is 5.92. The first-order valence-electron chi connectivity index (χ1n) is 11.5. The van der Waals surface area contributed by atoms with Gasteiger partial charge in [0, 0.05) is 23.0 Å². The van der Waals surface area contributed by atoms with Crippen molar-refractivity contribution in [2.75, 3.05) is 0 Å². The van der Waals surface area contributed by atoms with Crippen LogP contribution >= 0.6 is 0 Å². The van der Waals surface area contributed by atoms with Crippen LogP contribution in [-0.4, -0.2) is 43.8 Å². The van der Waals surface area contributed by atoms with Gasteiger partial charge in [-0.05, 0) is 73.6 Å². The second-order valence-electron chi connectivity index (χ2n) is 10.9. The Morgan fingerprint density at radius 3 is 2.48 bits per heavy atom. The predicted molar refractivity (Wildman–Crippen MR) is 127 cm³/mol. The number of phenols is 1. The summed E-state index contributed by atoms with van der Waals surface area (Å²) in [6.45, 7) is 10.1. The fraction of sp³-hybridized carbons (Fsp3) is 0.654. The highest BCUT2D eigenvalue weighted by atomic mass is 16.5. The van der Waals surface area contributed by atoms with E-state index in [1.54, 1.807) is 12.1 Å². The number of benzene rings is 1. The summed E-state index contributed by atoms with van der Waals surface area (Å²) in [6.07, 6.45) is 7.10. The Bertz CT molecular complexity index is 937. The Morgan fingerprint density at radius 2 is 1.88 bits per heavy atom. The number of carbonyl (C=O) groups is 1. The van der Waals surface area contributed by atoms with Gasteiger partial charge >= 0.3 is 0 Å². The summed E-state index contributed by atoms with van der Waals surface area (Å²) in [4.78, 5) is 11.6. The van der Waals surface area contributed by atoms with Gasteiger partial charge in [0.1, 0.15) is 17.1 Å². The SMILES string of the molecule is CC(=O)/C=C/c1c(CO)cc(O)c2c1O[C@]1(C2)[C@H](C)CC[C@H]2C(C)(C)[C@H](O)CC[C@@]21C.O.O. The number of hydrogen-bond acceptors (Lipinski definition) is 5. The number of carbonyl (C=O) groups excluding carboxylic acids is 1. The van der Waals surface area contributed by atoms with Crippen molar-refractivity contribution >= 4 is 11.9 Å².